The molecule has 118 valence electrons. The van der Waals surface area contributed by atoms with E-state index in [0.29, 0.717) is 18.1 Å². The van der Waals surface area contributed by atoms with E-state index in [9.17, 15) is 8.42 Å². The van der Waals surface area contributed by atoms with E-state index in [1.165, 1.54) is 11.1 Å². The molecule has 0 saturated carbocycles. The Bertz CT molecular complexity index is 543. The van der Waals surface area contributed by atoms with Crippen molar-refractivity contribution in [3.63, 3.8) is 0 Å². The summed E-state index contributed by atoms with van der Waals surface area (Å²) in [5.41, 5.74) is 2.62. The summed E-state index contributed by atoms with van der Waals surface area (Å²) in [7, 11) is -2.83. The largest absolute Gasteiger partial charge is 0.313 e. The summed E-state index contributed by atoms with van der Waals surface area (Å²) >= 11 is 0. The molecule has 0 aromatic heterocycles. The Labute approximate surface area is 128 Å². The van der Waals surface area contributed by atoms with Crippen molar-refractivity contribution in [2.24, 2.45) is 0 Å². The lowest BCUT2D eigenvalue weighted by molar-refractivity contribution is 0.286. The quantitative estimate of drug-likeness (QED) is 0.814. The molecule has 1 aliphatic heterocycles. The van der Waals surface area contributed by atoms with Crippen LogP contribution in [0.3, 0.4) is 0 Å². The molecule has 0 spiro atoms. The summed E-state index contributed by atoms with van der Waals surface area (Å²) in [5, 5.41) is 3.44. The molecule has 1 fully saturated rings. The van der Waals surface area contributed by atoms with Gasteiger partial charge in [0.25, 0.3) is 0 Å². The van der Waals surface area contributed by atoms with Gasteiger partial charge in [-0.25, -0.2) is 8.42 Å². The molecule has 5 heteroatoms. The first-order chi connectivity index (χ1) is 10.1. The van der Waals surface area contributed by atoms with Crippen molar-refractivity contribution in [2.45, 2.75) is 32.9 Å². The van der Waals surface area contributed by atoms with E-state index in [1.54, 1.807) is 0 Å². The van der Waals surface area contributed by atoms with E-state index < -0.39 is 9.84 Å². The van der Waals surface area contributed by atoms with Gasteiger partial charge in [0.15, 0.2) is 9.84 Å². The van der Waals surface area contributed by atoms with Gasteiger partial charge in [-0.3, -0.25) is 4.90 Å². The first-order valence-electron chi connectivity index (χ1n) is 7.81. The van der Waals surface area contributed by atoms with E-state index in [1.807, 2.05) is 0 Å². The van der Waals surface area contributed by atoms with Crippen LogP contribution in [0.2, 0.25) is 0 Å². The lowest BCUT2D eigenvalue weighted by Crippen LogP contribution is -2.27. The molecule has 0 atom stereocenters. The van der Waals surface area contributed by atoms with Gasteiger partial charge in [0.05, 0.1) is 11.5 Å². The molecule has 0 amide bonds. The molecule has 0 radical (unpaired) electrons. The fourth-order valence-electron chi connectivity index (χ4n) is 2.67. The van der Waals surface area contributed by atoms with Crippen LogP contribution in [0.25, 0.3) is 0 Å². The average molecular weight is 310 g/mol. The lowest BCUT2D eigenvalue weighted by atomic mass is 10.1. The Balaban J connectivity index is 1.98. The SMILES string of the molecule is CCCNCc1ccccc1CN1CCCS(=O)(=O)CC1. The van der Waals surface area contributed by atoms with Gasteiger partial charge in [-0.2, -0.15) is 0 Å². The van der Waals surface area contributed by atoms with Crippen LogP contribution in [0, 0.1) is 0 Å². The van der Waals surface area contributed by atoms with Gasteiger partial charge in [-0.05, 0) is 37.1 Å². The van der Waals surface area contributed by atoms with Gasteiger partial charge in [0.2, 0.25) is 0 Å². The minimum Gasteiger partial charge on any atom is -0.313 e. The molecule has 2 rings (SSSR count). The molecule has 1 aliphatic rings. The van der Waals surface area contributed by atoms with Crippen LogP contribution >= 0.6 is 0 Å². The molecule has 0 bridgehead atoms. The highest BCUT2D eigenvalue weighted by atomic mass is 32.2. The zero-order valence-corrected chi connectivity index (χ0v) is 13.7. The predicted molar refractivity (Wildman–Crippen MR) is 87.0 cm³/mol. The fraction of sp³-hybridized carbons (Fsp3) is 0.625. The van der Waals surface area contributed by atoms with Crippen molar-refractivity contribution in [1.29, 1.82) is 0 Å². The van der Waals surface area contributed by atoms with Crippen molar-refractivity contribution in [3.8, 4) is 0 Å². The van der Waals surface area contributed by atoms with Gasteiger partial charge < -0.3 is 5.32 Å². The molecular formula is C16H26N2O2S. The van der Waals surface area contributed by atoms with E-state index in [4.69, 9.17) is 0 Å². The van der Waals surface area contributed by atoms with Crippen LogP contribution in [0.1, 0.15) is 30.9 Å². The molecule has 1 heterocycles. The number of sulfone groups is 1. The summed E-state index contributed by atoms with van der Waals surface area (Å²) in [6.45, 7) is 6.44. The third-order valence-corrected chi connectivity index (χ3v) is 5.62. The highest BCUT2D eigenvalue weighted by Gasteiger charge is 2.19. The molecular weight excluding hydrogens is 284 g/mol. The van der Waals surface area contributed by atoms with Crippen molar-refractivity contribution < 1.29 is 8.42 Å². The summed E-state index contributed by atoms with van der Waals surface area (Å²) in [6, 6.07) is 8.45. The van der Waals surface area contributed by atoms with Gasteiger partial charge in [-0.1, -0.05) is 31.2 Å². The second-order valence-corrected chi connectivity index (χ2v) is 8.03. The highest BCUT2D eigenvalue weighted by molar-refractivity contribution is 7.91. The second-order valence-electron chi connectivity index (χ2n) is 5.73. The highest BCUT2D eigenvalue weighted by Crippen LogP contribution is 2.14. The van der Waals surface area contributed by atoms with Crippen LogP contribution in [-0.4, -0.2) is 44.5 Å². The molecule has 1 aromatic rings. The maximum Gasteiger partial charge on any atom is 0.151 e. The Morgan fingerprint density at radius 1 is 1.14 bits per heavy atom. The molecule has 1 N–H and O–H groups in total. The normalized spacial score (nSPS) is 19.3. The van der Waals surface area contributed by atoms with Gasteiger partial charge in [0.1, 0.15) is 0 Å². The minimum absolute atomic E-state index is 0.295. The molecule has 0 aliphatic carbocycles. The zero-order chi connectivity index (χ0) is 15.1. The number of benzene rings is 1. The number of hydrogen-bond donors (Lipinski definition) is 1. The third-order valence-electron chi connectivity index (χ3n) is 3.90. The molecule has 4 nitrogen and oxygen atoms in total. The van der Waals surface area contributed by atoms with Crippen LogP contribution in [0.5, 0.6) is 0 Å². The van der Waals surface area contributed by atoms with Gasteiger partial charge >= 0.3 is 0 Å². The lowest BCUT2D eigenvalue weighted by Gasteiger charge is -2.21. The van der Waals surface area contributed by atoms with Crippen LogP contribution in [0.15, 0.2) is 24.3 Å². The van der Waals surface area contributed by atoms with Crippen LogP contribution in [-0.2, 0) is 22.9 Å². The maximum absolute atomic E-state index is 11.7. The smallest absolute Gasteiger partial charge is 0.151 e. The van der Waals surface area contributed by atoms with E-state index in [-0.39, 0.29) is 0 Å². The van der Waals surface area contributed by atoms with Crippen molar-refractivity contribution in [1.82, 2.24) is 10.2 Å². The summed E-state index contributed by atoms with van der Waals surface area (Å²) in [5.74, 6) is 0.631. The van der Waals surface area contributed by atoms with Crippen molar-refractivity contribution in [2.75, 3.05) is 31.1 Å². The number of hydrogen-bond acceptors (Lipinski definition) is 4. The number of rotatable bonds is 6. The standard InChI is InChI=1S/C16H26N2O2S/c1-2-8-17-13-15-6-3-4-7-16(15)14-18-9-5-11-21(19,20)12-10-18/h3-4,6-7,17H,2,5,8-14H2,1H3. The Morgan fingerprint density at radius 2 is 1.90 bits per heavy atom. The minimum atomic E-state index is -2.83. The monoisotopic (exact) mass is 310 g/mol. The van der Waals surface area contributed by atoms with Crippen molar-refractivity contribution in [3.05, 3.63) is 35.4 Å². The van der Waals surface area contributed by atoms with E-state index in [2.05, 4.69) is 41.4 Å². The van der Waals surface area contributed by atoms with E-state index in [0.717, 1.165) is 39.0 Å². The van der Waals surface area contributed by atoms with Crippen LogP contribution in [0.4, 0.5) is 0 Å². The van der Waals surface area contributed by atoms with Crippen LogP contribution < -0.4 is 5.32 Å². The van der Waals surface area contributed by atoms with Crippen molar-refractivity contribution >= 4 is 9.84 Å². The Hall–Kier alpha value is -0.910. The summed E-state index contributed by atoms with van der Waals surface area (Å²) in [6.07, 6.45) is 1.88. The molecule has 1 aromatic carbocycles. The summed E-state index contributed by atoms with van der Waals surface area (Å²) < 4.78 is 23.3. The number of nitrogens with zero attached hydrogens (tertiary/aromatic N) is 1. The zero-order valence-electron chi connectivity index (χ0n) is 12.8. The average Bonchev–Trinajstić information content (AvgIpc) is 2.62. The molecule has 21 heavy (non-hydrogen) atoms. The maximum atomic E-state index is 11.7. The topological polar surface area (TPSA) is 49.4 Å². The Morgan fingerprint density at radius 3 is 2.67 bits per heavy atom. The first-order valence-corrected chi connectivity index (χ1v) is 9.63. The molecule has 0 unspecified atom stereocenters. The summed E-state index contributed by atoms with van der Waals surface area (Å²) in [4.78, 5) is 2.27. The van der Waals surface area contributed by atoms with E-state index >= 15 is 0 Å². The number of nitrogens with one attached hydrogen (secondary N) is 1. The van der Waals surface area contributed by atoms with Gasteiger partial charge in [-0.15, -0.1) is 0 Å². The third kappa shape index (κ3) is 5.41. The van der Waals surface area contributed by atoms with Gasteiger partial charge in [0, 0.05) is 19.6 Å². The second kappa shape index (κ2) is 7.92. The first kappa shape index (κ1) is 16.5. The predicted octanol–water partition coefficient (Wildman–Crippen LogP) is 1.81. The Kier molecular flexibility index (Phi) is 6.21. The fourth-order valence-corrected chi connectivity index (χ4v) is 3.98. The molecule has 1 saturated heterocycles.